The Morgan fingerprint density at radius 2 is 1.69 bits per heavy atom. The summed E-state index contributed by atoms with van der Waals surface area (Å²) in [6, 6.07) is 24.2. The first-order valence-electron chi connectivity index (χ1n) is 11.1. The first-order chi connectivity index (χ1) is 15.6. The van der Waals surface area contributed by atoms with Crippen molar-refractivity contribution in [2.75, 3.05) is 12.4 Å². The second kappa shape index (κ2) is 10.2. The molecule has 4 rings (SSSR count). The van der Waals surface area contributed by atoms with E-state index in [1.54, 1.807) is 19.2 Å². The Kier molecular flexibility index (Phi) is 6.95. The molecule has 32 heavy (non-hydrogen) atoms. The lowest BCUT2D eigenvalue weighted by Crippen LogP contribution is -2.12. The highest BCUT2D eigenvalue weighted by molar-refractivity contribution is 5.82. The fourth-order valence-corrected chi connectivity index (χ4v) is 4.38. The molecule has 166 valence electrons. The Morgan fingerprint density at radius 1 is 0.969 bits per heavy atom. The predicted octanol–water partition coefficient (Wildman–Crippen LogP) is 6.48. The fraction of sp³-hybridized carbons (Fsp3) is 0.296. The monoisotopic (exact) mass is 431 g/mol. The van der Waals surface area contributed by atoms with Gasteiger partial charge in [0.2, 0.25) is 0 Å². The van der Waals surface area contributed by atoms with Crippen molar-refractivity contribution in [2.45, 2.75) is 44.1 Å². The third kappa shape index (κ3) is 5.41. The Bertz CT molecular complexity index is 1030. The molecule has 2 N–H and O–H groups in total. The standard InChI is InChI=1S/C27H29NO4/c1-31-25-16-13-21(18-26(25)32-23-9-5-6-10-23)24(20-7-3-2-4-8-20)17-19-11-14-22(15-12-19)28-27(29)30/h2-4,7-8,11-16,18,23-24,28H,5-6,9-10,17H2,1H3,(H,29,30). The highest BCUT2D eigenvalue weighted by Gasteiger charge is 2.21. The van der Waals surface area contributed by atoms with Gasteiger partial charge in [-0.1, -0.05) is 48.5 Å². The van der Waals surface area contributed by atoms with Crippen molar-refractivity contribution >= 4 is 11.8 Å². The summed E-state index contributed by atoms with van der Waals surface area (Å²) >= 11 is 0. The molecule has 5 nitrogen and oxygen atoms in total. The summed E-state index contributed by atoms with van der Waals surface area (Å²) in [7, 11) is 1.68. The van der Waals surface area contributed by atoms with Crippen molar-refractivity contribution < 1.29 is 19.4 Å². The average molecular weight is 432 g/mol. The van der Waals surface area contributed by atoms with Crippen molar-refractivity contribution in [3.05, 3.63) is 89.5 Å². The van der Waals surface area contributed by atoms with E-state index in [1.807, 2.05) is 24.3 Å². The number of amides is 1. The molecule has 3 aromatic rings. The molecule has 0 aliphatic heterocycles. The number of methoxy groups -OCH3 is 1. The number of nitrogens with one attached hydrogen (secondary N) is 1. The lowest BCUT2D eigenvalue weighted by molar-refractivity contribution is 0.200. The maximum Gasteiger partial charge on any atom is 0.409 e. The number of ether oxygens (including phenoxy) is 2. The van der Waals surface area contributed by atoms with E-state index in [2.05, 4.69) is 41.7 Å². The number of benzene rings is 3. The number of hydrogen-bond donors (Lipinski definition) is 2. The van der Waals surface area contributed by atoms with Crippen molar-refractivity contribution in [1.82, 2.24) is 0 Å². The molecule has 1 saturated carbocycles. The molecule has 0 spiro atoms. The number of carbonyl (C=O) groups is 1. The molecular formula is C27H29NO4. The molecule has 1 amide bonds. The maximum absolute atomic E-state index is 10.9. The highest BCUT2D eigenvalue weighted by Crippen LogP contribution is 2.37. The summed E-state index contributed by atoms with van der Waals surface area (Å²) in [5.41, 5.74) is 4.08. The summed E-state index contributed by atoms with van der Waals surface area (Å²) in [6.45, 7) is 0. The van der Waals surface area contributed by atoms with Gasteiger partial charge in [-0.05, 0) is 73.1 Å². The normalized spacial score (nSPS) is 14.7. The van der Waals surface area contributed by atoms with Crippen LogP contribution in [0.3, 0.4) is 0 Å². The van der Waals surface area contributed by atoms with E-state index in [0.717, 1.165) is 41.9 Å². The number of carboxylic acid groups (broad SMARTS) is 1. The molecule has 5 heteroatoms. The van der Waals surface area contributed by atoms with Gasteiger partial charge in [0.15, 0.2) is 11.5 Å². The van der Waals surface area contributed by atoms with Gasteiger partial charge in [-0.15, -0.1) is 0 Å². The molecule has 0 aromatic heterocycles. The third-order valence-electron chi connectivity index (χ3n) is 6.03. The van der Waals surface area contributed by atoms with Gasteiger partial charge in [0.25, 0.3) is 0 Å². The number of anilines is 1. The van der Waals surface area contributed by atoms with E-state index in [-0.39, 0.29) is 12.0 Å². The lowest BCUT2D eigenvalue weighted by atomic mass is 9.86. The van der Waals surface area contributed by atoms with E-state index in [4.69, 9.17) is 14.6 Å². The topological polar surface area (TPSA) is 67.8 Å². The second-order valence-corrected chi connectivity index (χ2v) is 8.23. The molecular weight excluding hydrogens is 402 g/mol. The van der Waals surface area contributed by atoms with E-state index in [1.165, 1.54) is 18.4 Å². The highest BCUT2D eigenvalue weighted by atomic mass is 16.5. The van der Waals surface area contributed by atoms with Crippen molar-refractivity contribution in [1.29, 1.82) is 0 Å². The zero-order valence-electron chi connectivity index (χ0n) is 18.3. The van der Waals surface area contributed by atoms with E-state index in [0.29, 0.717) is 5.69 Å². The van der Waals surface area contributed by atoms with Crippen LogP contribution < -0.4 is 14.8 Å². The molecule has 1 aliphatic rings. The lowest BCUT2D eigenvalue weighted by Gasteiger charge is -2.22. The van der Waals surface area contributed by atoms with Gasteiger partial charge in [-0.3, -0.25) is 5.32 Å². The minimum atomic E-state index is -1.06. The van der Waals surface area contributed by atoms with Crippen LogP contribution in [-0.2, 0) is 6.42 Å². The quantitative estimate of drug-likeness (QED) is 0.428. The SMILES string of the molecule is COc1ccc(C(Cc2ccc(NC(=O)O)cc2)c2ccccc2)cc1OC1CCCC1. The van der Waals surface area contributed by atoms with Gasteiger partial charge in [0, 0.05) is 11.6 Å². The summed E-state index contributed by atoms with van der Waals surface area (Å²) in [6.07, 6.45) is 4.58. The smallest absolute Gasteiger partial charge is 0.409 e. The van der Waals surface area contributed by atoms with Gasteiger partial charge >= 0.3 is 6.09 Å². The van der Waals surface area contributed by atoms with E-state index >= 15 is 0 Å². The Labute approximate surface area is 189 Å². The van der Waals surface area contributed by atoms with Crippen LogP contribution in [0, 0.1) is 0 Å². The molecule has 0 bridgehead atoms. The van der Waals surface area contributed by atoms with Crippen LogP contribution >= 0.6 is 0 Å². The Hall–Kier alpha value is -3.47. The third-order valence-corrected chi connectivity index (χ3v) is 6.03. The molecule has 0 saturated heterocycles. The van der Waals surface area contributed by atoms with E-state index in [9.17, 15) is 4.79 Å². The molecule has 1 atom stereocenters. The largest absolute Gasteiger partial charge is 0.493 e. The first-order valence-corrected chi connectivity index (χ1v) is 11.1. The minimum absolute atomic E-state index is 0.131. The molecule has 3 aromatic carbocycles. The van der Waals surface area contributed by atoms with Crippen LogP contribution in [0.15, 0.2) is 72.8 Å². The zero-order valence-corrected chi connectivity index (χ0v) is 18.3. The molecule has 1 aliphatic carbocycles. The summed E-state index contributed by atoms with van der Waals surface area (Å²) in [5.74, 6) is 1.70. The molecule has 1 unspecified atom stereocenters. The van der Waals surface area contributed by atoms with Gasteiger partial charge in [0.05, 0.1) is 13.2 Å². The molecule has 0 radical (unpaired) electrons. The fourth-order valence-electron chi connectivity index (χ4n) is 4.38. The van der Waals surface area contributed by atoms with Gasteiger partial charge in [-0.25, -0.2) is 4.79 Å². The summed E-state index contributed by atoms with van der Waals surface area (Å²) in [4.78, 5) is 10.9. The number of rotatable bonds is 8. The Morgan fingerprint density at radius 3 is 2.34 bits per heavy atom. The number of hydrogen-bond acceptors (Lipinski definition) is 3. The van der Waals surface area contributed by atoms with Crippen LogP contribution in [0.2, 0.25) is 0 Å². The maximum atomic E-state index is 10.9. The van der Waals surface area contributed by atoms with Crippen LogP contribution in [-0.4, -0.2) is 24.4 Å². The van der Waals surface area contributed by atoms with Crippen molar-refractivity contribution in [2.24, 2.45) is 0 Å². The van der Waals surface area contributed by atoms with Crippen LogP contribution in [0.1, 0.15) is 48.3 Å². The summed E-state index contributed by atoms with van der Waals surface area (Å²) < 4.78 is 11.9. The Balaban J connectivity index is 1.64. The summed E-state index contributed by atoms with van der Waals surface area (Å²) in [5, 5.41) is 11.3. The molecule has 1 fully saturated rings. The average Bonchev–Trinajstić information content (AvgIpc) is 3.32. The van der Waals surface area contributed by atoms with Crippen LogP contribution in [0.4, 0.5) is 10.5 Å². The van der Waals surface area contributed by atoms with Crippen LogP contribution in [0.25, 0.3) is 0 Å². The van der Waals surface area contributed by atoms with Crippen molar-refractivity contribution in [3.63, 3.8) is 0 Å². The van der Waals surface area contributed by atoms with Gasteiger partial charge < -0.3 is 14.6 Å². The van der Waals surface area contributed by atoms with Gasteiger partial charge in [-0.2, -0.15) is 0 Å². The predicted molar refractivity (Wildman–Crippen MR) is 126 cm³/mol. The molecule has 0 heterocycles. The van der Waals surface area contributed by atoms with Gasteiger partial charge in [0.1, 0.15) is 0 Å². The van der Waals surface area contributed by atoms with E-state index < -0.39 is 6.09 Å². The first kappa shape index (κ1) is 21.8. The second-order valence-electron chi connectivity index (χ2n) is 8.23. The van der Waals surface area contributed by atoms with Crippen molar-refractivity contribution in [3.8, 4) is 11.5 Å². The minimum Gasteiger partial charge on any atom is -0.493 e. The zero-order chi connectivity index (χ0) is 22.3. The van der Waals surface area contributed by atoms with Crippen LogP contribution in [0.5, 0.6) is 11.5 Å².